The Morgan fingerprint density at radius 3 is 2.87 bits per heavy atom. The van der Waals surface area contributed by atoms with Crippen LogP contribution in [0.3, 0.4) is 0 Å². The van der Waals surface area contributed by atoms with Crippen LogP contribution in [0, 0.1) is 0 Å². The van der Waals surface area contributed by atoms with Crippen molar-refractivity contribution in [1.82, 2.24) is 25.3 Å². The van der Waals surface area contributed by atoms with Crippen LogP contribution in [0.2, 0.25) is 5.02 Å². The zero-order valence-corrected chi connectivity index (χ0v) is 18.4. The van der Waals surface area contributed by atoms with E-state index in [0.717, 1.165) is 12.1 Å². The summed E-state index contributed by atoms with van der Waals surface area (Å²) in [6, 6.07) is 13.1. The molecule has 1 atom stereocenters. The highest BCUT2D eigenvalue weighted by Gasteiger charge is 2.28. The lowest BCUT2D eigenvalue weighted by molar-refractivity contribution is -0.134. The molecule has 0 bridgehead atoms. The minimum Gasteiger partial charge on any atom is -0.339 e. The molecule has 1 aliphatic heterocycles. The molecule has 1 aliphatic rings. The third-order valence-corrected chi connectivity index (χ3v) is 4.95. The summed E-state index contributed by atoms with van der Waals surface area (Å²) in [6.45, 7) is 2.13. The Balaban J connectivity index is 0.00000160. The molecule has 0 radical (unpaired) electrons. The fourth-order valence-corrected chi connectivity index (χ4v) is 3.53. The first-order valence-electron chi connectivity index (χ1n) is 9.20. The van der Waals surface area contributed by atoms with Gasteiger partial charge in [-0.3, -0.25) is 9.78 Å². The number of halogens is 3. The predicted octanol–water partition coefficient (Wildman–Crippen LogP) is 3.73. The highest BCUT2D eigenvalue weighted by atomic mass is 35.5. The molecule has 7 nitrogen and oxygen atoms in total. The van der Waals surface area contributed by atoms with E-state index in [1.54, 1.807) is 6.20 Å². The molecular weight excluding hydrogens is 449 g/mol. The van der Waals surface area contributed by atoms with Gasteiger partial charge < -0.3 is 14.7 Å². The van der Waals surface area contributed by atoms with Gasteiger partial charge in [0.05, 0.1) is 6.04 Å². The number of aromatic nitrogens is 3. The molecule has 0 spiro atoms. The summed E-state index contributed by atoms with van der Waals surface area (Å²) in [5, 5.41) is 7.97. The van der Waals surface area contributed by atoms with Crippen LogP contribution in [0.1, 0.15) is 23.9 Å². The average molecular weight is 471 g/mol. The molecular formula is C20H22Cl3N5O2. The fourth-order valence-electron chi connectivity index (χ4n) is 3.33. The Kier molecular flexibility index (Phi) is 9.05. The lowest BCUT2D eigenvalue weighted by Crippen LogP contribution is -2.48. The summed E-state index contributed by atoms with van der Waals surface area (Å²) in [6.07, 6.45) is 2.38. The lowest BCUT2D eigenvalue weighted by atomic mass is 10.0. The van der Waals surface area contributed by atoms with E-state index in [0.29, 0.717) is 48.4 Å². The predicted molar refractivity (Wildman–Crippen MR) is 119 cm³/mol. The van der Waals surface area contributed by atoms with E-state index in [1.807, 2.05) is 47.4 Å². The van der Waals surface area contributed by atoms with Crippen molar-refractivity contribution in [3.63, 3.8) is 0 Å². The molecule has 160 valence electrons. The molecule has 4 rings (SSSR count). The second-order valence-corrected chi connectivity index (χ2v) is 7.03. The molecule has 1 amide bonds. The van der Waals surface area contributed by atoms with Crippen molar-refractivity contribution in [2.45, 2.75) is 18.9 Å². The first kappa shape index (κ1) is 24.1. The van der Waals surface area contributed by atoms with E-state index in [4.69, 9.17) is 16.1 Å². The van der Waals surface area contributed by atoms with E-state index in [-0.39, 0.29) is 36.8 Å². The van der Waals surface area contributed by atoms with Gasteiger partial charge in [0.15, 0.2) is 0 Å². The number of pyridine rings is 1. The van der Waals surface area contributed by atoms with Gasteiger partial charge in [-0.05, 0) is 29.8 Å². The quantitative estimate of drug-likeness (QED) is 0.611. The van der Waals surface area contributed by atoms with Gasteiger partial charge in [0, 0.05) is 43.7 Å². The van der Waals surface area contributed by atoms with Gasteiger partial charge in [-0.25, -0.2) is 0 Å². The van der Waals surface area contributed by atoms with Crippen LogP contribution >= 0.6 is 36.4 Å². The van der Waals surface area contributed by atoms with Crippen LogP contribution in [0.4, 0.5) is 0 Å². The number of piperazine rings is 1. The van der Waals surface area contributed by atoms with Gasteiger partial charge in [-0.2, -0.15) is 4.98 Å². The Labute approximate surface area is 192 Å². The molecule has 3 aromatic rings. The van der Waals surface area contributed by atoms with Crippen molar-refractivity contribution in [2.75, 3.05) is 19.6 Å². The van der Waals surface area contributed by atoms with Crippen LogP contribution in [0.25, 0.3) is 11.5 Å². The van der Waals surface area contributed by atoms with Crippen molar-refractivity contribution >= 4 is 42.3 Å². The molecule has 30 heavy (non-hydrogen) atoms. The minimum atomic E-state index is -0.0354. The summed E-state index contributed by atoms with van der Waals surface area (Å²) in [5.74, 6) is 0.925. The number of hydrogen-bond acceptors (Lipinski definition) is 6. The monoisotopic (exact) mass is 469 g/mol. The molecule has 2 aromatic heterocycles. The SMILES string of the molecule is Cl.Cl.O=C(CCc1nc(-c2ccccn2)no1)N1CCNCC1c1cccc(Cl)c1. The maximum Gasteiger partial charge on any atom is 0.227 e. The normalized spacial score (nSPS) is 15.8. The maximum atomic E-state index is 12.9. The largest absolute Gasteiger partial charge is 0.339 e. The zero-order valence-electron chi connectivity index (χ0n) is 16.0. The summed E-state index contributed by atoms with van der Waals surface area (Å²) >= 11 is 6.13. The zero-order chi connectivity index (χ0) is 19.3. The third-order valence-electron chi connectivity index (χ3n) is 4.71. The second kappa shape index (κ2) is 11.3. The molecule has 1 fully saturated rings. The lowest BCUT2D eigenvalue weighted by Gasteiger charge is -2.36. The maximum absolute atomic E-state index is 12.9. The Bertz CT molecular complexity index is 954. The Morgan fingerprint density at radius 1 is 1.23 bits per heavy atom. The van der Waals surface area contributed by atoms with Crippen molar-refractivity contribution in [1.29, 1.82) is 0 Å². The molecule has 1 aromatic carbocycles. The standard InChI is InChI=1S/C20H20ClN5O2.2ClH/c21-15-5-3-4-14(12-15)17-13-22-10-11-26(17)19(27)8-7-18-24-20(25-28-18)16-6-1-2-9-23-16;;/h1-6,9,12,17,22H,7-8,10-11,13H2;2*1H. The number of carbonyl (C=O) groups is 1. The summed E-state index contributed by atoms with van der Waals surface area (Å²) < 4.78 is 5.28. The summed E-state index contributed by atoms with van der Waals surface area (Å²) in [5.41, 5.74) is 1.68. The van der Waals surface area contributed by atoms with Crippen molar-refractivity contribution in [3.05, 3.63) is 65.1 Å². The molecule has 1 N–H and O–H groups in total. The first-order chi connectivity index (χ1) is 13.7. The van der Waals surface area contributed by atoms with Crippen LogP contribution in [-0.2, 0) is 11.2 Å². The molecule has 0 saturated carbocycles. The van der Waals surface area contributed by atoms with Crippen LogP contribution in [0.15, 0.2) is 53.2 Å². The van der Waals surface area contributed by atoms with Crippen LogP contribution in [-0.4, -0.2) is 45.6 Å². The summed E-state index contributed by atoms with van der Waals surface area (Å²) in [4.78, 5) is 23.3. The molecule has 10 heteroatoms. The Morgan fingerprint density at radius 2 is 2.10 bits per heavy atom. The number of rotatable bonds is 5. The average Bonchev–Trinajstić information content (AvgIpc) is 3.22. The van der Waals surface area contributed by atoms with E-state index < -0.39 is 0 Å². The highest BCUT2D eigenvalue weighted by molar-refractivity contribution is 6.30. The highest BCUT2D eigenvalue weighted by Crippen LogP contribution is 2.25. The fraction of sp³-hybridized carbons (Fsp3) is 0.300. The van der Waals surface area contributed by atoms with Gasteiger partial charge in [0.2, 0.25) is 17.6 Å². The van der Waals surface area contributed by atoms with Crippen molar-refractivity contribution in [3.8, 4) is 11.5 Å². The number of nitrogens with zero attached hydrogens (tertiary/aromatic N) is 4. The number of nitrogens with one attached hydrogen (secondary N) is 1. The first-order valence-corrected chi connectivity index (χ1v) is 9.58. The van der Waals surface area contributed by atoms with Gasteiger partial charge in [0.1, 0.15) is 5.69 Å². The topological polar surface area (TPSA) is 84.1 Å². The van der Waals surface area contributed by atoms with Gasteiger partial charge >= 0.3 is 0 Å². The van der Waals surface area contributed by atoms with E-state index in [2.05, 4.69) is 20.4 Å². The van der Waals surface area contributed by atoms with E-state index in [1.165, 1.54) is 0 Å². The van der Waals surface area contributed by atoms with Gasteiger partial charge in [0.25, 0.3) is 0 Å². The minimum absolute atomic E-state index is 0. The number of amides is 1. The molecule has 1 saturated heterocycles. The number of carbonyl (C=O) groups excluding carboxylic acids is 1. The molecule has 0 aliphatic carbocycles. The number of hydrogen-bond donors (Lipinski definition) is 1. The molecule has 1 unspecified atom stereocenters. The third kappa shape index (κ3) is 5.70. The van der Waals surface area contributed by atoms with Crippen LogP contribution < -0.4 is 5.32 Å². The van der Waals surface area contributed by atoms with Crippen molar-refractivity contribution in [2.24, 2.45) is 0 Å². The number of aryl methyl sites for hydroxylation is 1. The van der Waals surface area contributed by atoms with Crippen molar-refractivity contribution < 1.29 is 9.32 Å². The summed E-state index contributed by atoms with van der Waals surface area (Å²) in [7, 11) is 0. The van der Waals surface area contributed by atoms with E-state index >= 15 is 0 Å². The smallest absolute Gasteiger partial charge is 0.227 e. The second-order valence-electron chi connectivity index (χ2n) is 6.59. The van der Waals surface area contributed by atoms with E-state index in [9.17, 15) is 4.79 Å². The molecule has 3 heterocycles. The van der Waals surface area contributed by atoms with Gasteiger partial charge in [-0.15, -0.1) is 24.8 Å². The van der Waals surface area contributed by atoms with Crippen LogP contribution in [0.5, 0.6) is 0 Å². The Hall–Kier alpha value is -2.19. The number of benzene rings is 1. The van der Waals surface area contributed by atoms with Gasteiger partial charge in [-0.1, -0.05) is 35.0 Å².